The Hall–Kier alpha value is -2.21. The van der Waals surface area contributed by atoms with Gasteiger partial charge in [-0.1, -0.05) is 31.1 Å². The van der Waals surface area contributed by atoms with Crippen molar-refractivity contribution in [3.63, 3.8) is 0 Å². The van der Waals surface area contributed by atoms with Crippen LogP contribution < -0.4 is 0 Å². The van der Waals surface area contributed by atoms with Crippen LogP contribution in [0.1, 0.15) is 69.1 Å². The Kier molecular flexibility index (Phi) is 4.29. The average Bonchev–Trinajstić information content (AvgIpc) is 3.28. The molecule has 3 heterocycles. The second-order valence-corrected chi connectivity index (χ2v) is 7.18. The lowest BCUT2D eigenvalue weighted by molar-refractivity contribution is 0.126. The minimum absolute atomic E-state index is 0.104. The Morgan fingerprint density at radius 1 is 1.16 bits per heavy atom. The van der Waals surface area contributed by atoms with Gasteiger partial charge < -0.3 is 8.94 Å². The summed E-state index contributed by atoms with van der Waals surface area (Å²) in [6, 6.07) is 8.05. The molecule has 0 saturated carbocycles. The van der Waals surface area contributed by atoms with Crippen molar-refractivity contribution in [2.75, 3.05) is 13.1 Å². The van der Waals surface area contributed by atoms with Crippen LogP contribution in [0, 0.1) is 0 Å². The molecule has 0 bridgehead atoms. The molecule has 1 aliphatic rings. The van der Waals surface area contributed by atoms with Gasteiger partial charge in [-0.3, -0.25) is 4.90 Å². The number of nitrogens with zero attached hydrogens (tertiary/aromatic N) is 4. The van der Waals surface area contributed by atoms with Gasteiger partial charge in [0.05, 0.1) is 6.04 Å². The van der Waals surface area contributed by atoms with E-state index in [9.17, 15) is 0 Å². The van der Waals surface area contributed by atoms with Crippen LogP contribution in [-0.4, -0.2) is 33.1 Å². The van der Waals surface area contributed by atoms with E-state index in [-0.39, 0.29) is 12.0 Å². The molecule has 0 radical (unpaired) electrons. The number of para-hydroxylation sites is 2. The largest absolute Gasteiger partial charge is 0.440 e. The van der Waals surface area contributed by atoms with Gasteiger partial charge >= 0.3 is 0 Å². The number of fused-ring (bicyclic) bond motifs is 1. The molecule has 0 N–H and O–H groups in total. The predicted molar refractivity (Wildman–Crippen MR) is 94.4 cm³/mol. The molecule has 6 heteroatoms. The zero-order valence-electron chi connectivity index (χ0n) is 15.0. The third kappa shape index (κ3) is 3.18. The van der Waals surface area contributed by atoms with E-state index >= 15 is 0 Å². The molecule has 1 aromatic carbocycles. The van der Waals surface area contributed by atoms with Crippen molar-refractivity contribution < 1.29 is 8.94 Å². The van der Waals surface area contributed by atoms with E-state index in [4.69, 9.17) is 8.94 Å². The maximum Gasteiger partial charge on any atom is 0.243 e. The Morgan fingerprint density at radius 2 is 2.00 bits per heavy atom. The summed E-state index contributed by atoms with van der Waals surface area (Å²) in [6.45, 7) is 8.20. The van der Waals surface area contributed by atoms with Crippen molar-refractivity contribution in [2.45, 2.75) is 51.5 Å². The highest BCUT2D eigenvalue weighted by Gasteiger charge is 2.30. The fourth-order valence-corrected chi connectivity index (χ4v) is 3.43. The lowest BCUT2D eigenvalue weighted by Crippen LogP contribution is -2.36. The maximum absolute atomic E-state index is 5.99. The van der Waals surface area contributed by atoms with Gasteiger partial charge in [0.2, 0.25) is 5.89 Å². The van der Waals surface area contributed by atoms with Crippen molar-refractivity contribution in [1.82, 2.24) is 20.0 Å². The predicted octanol–water partition coefficient (Wildman–Crippen LogP) is 4.27. The topological polar surface area (TPSA) is 68.2 Å². The van der Waals surface area contributed by atoms with Crippen LogP contribution in [0.2, 0.25) is 0 Å². The van der Waals surface area contributed by atoms with Crippen molar-refractivity contribution in [3.05, 3.63) is 41.9 Å². The van der Waals surface area contributed by atoms with E-state index in [1.165, 1.54) is 0 Å². The number of oxazole rings is 1. The zero-order valence-corrected chi connectivity index (χ0v) is 15.0. The molecule has 1 aliphatic heterocycles. The zero-order chi connectivity index (χ0) is 17.4. The number of likely N-dealkylation sites (tertiary alicyclic amines) is 1. The highest BCUT2D eigenvalue weighted by atomic mass is 16.5. The van der Waals surface area contributed by atoms with E-state index in [0.29, 0.717) is 11.8 Å². The first-order chi connectivity index (χ1) is 12.1. The molecule has 4 rings (SSSR count). The first kappa shape index (κ1) is 16.3. The number of hydrogen-bond donors (Lipinski definition) is 0. The van der Waals surface area contributed by atoms with Gasteiger partial charge in [-0.15, -0.1) is 0 Å². The Balaban J connectivity index is 1.51. The van der Waals surface area contributed by atoms with E-state index < -0.39 is 0 Å². The van der Waals surface area contributed by atoms with Crippen molar-refractivity contribution in [3.8, 4) is 0 Å². The van der Waals surface area contributed by atoms with Gasteiger partial charge in [0.25, 0.3) is 0 Å². The second kappa shape index (κ2) is 6.59. The Bertz CT molecular complexity index is 821. The molecule has 0 aliphatic carbocycles. The number of hydrogen-bond acceptors (Lipinski definition) is 6. The van der Waals surface area contributed by atoms with Gasteiger partial charge in [-0.2, -0.15) is 4.98 Å². The molecule has 0 unspecified atom stereocenters. The van der Waals surface area contributed by atoms with Gasteiger partial charge in [0, 0.05) is 18.4 Å². The summed E-state index contributed by atoms with van der Waals surface area (Å²) in [5.74, 6) is 2.89. The first-order valence-electron chi connectivity index (χ1n) is 9.05. The monoisotopic (exact) mass is 340 g/mol. The molecule has 25 heavy (non-hydrogen) atoms. The summed E-state index contributed by atoms with van der Waals surface area (Å²) in [6.07, 6.45) is 2.20. The molecule has 2 aromatic heterocycles. The minimum atomic E-state index is 0.104. The molecule has 0 amide bonds. The fraction of sp³-hybridized carbons (Fsp3) is 0.526. The molecule has 1 fully saturated rings. The van der Waals surface area contributed by atoms with Crippen LogP contribution in [0.4, 0.5) is 0 Å². The molecule has 3 aromatic rings. The van der Waals surface area contributed by atoms with Crippen molar-refractivity contribution >= 4 is 11.1 Å². The molecular formula is C19H24N4O2. The van der Waals surface area contributed by atoms with Crippen molar-refractivity contribution in [1.29, 1.82) is 0 Å². The lowest BCUT2D eigenvalue weighted by Gasteiger charge is -2.34. The van der Waals surface area contributed by atoms with Crippen LogP contribution in [0.3, 0.4) is 0 Å². The van der Waals surface area contributed by atoms with Gasteiger partial charge in [0.15, 0.2) is 17.3 Å². The van der Waals surface area contributed by atoms with Crippen LogP contribution in [-0.2, 0) is 0 Å². The maximum atomic E-state index is 5.99. The van der Waals surface area contributed by atoms with Crippen LogP contribution in [0.15, 0.2) is 33.2 Å². The van der Waals surface area contributed by atoms with Crippen LogP contribution in [0.25, 0.3) is 11.1 Å². The summed E-state index contributed by atoms with van der Waals surface area (Å²) in [4.78, 5) is 11.6. The van der Waals surface area contributed by atoms with Crippen molar-refractivity contribution in [2.24, 2.45) is 0 Å². The summed E-state index contributed by atoms with van der Waals surface area (Å²) < 4.78 is 11.5. The number of piperidine rings is 1. The number of aromatic nitrogens is 3. The Labute approximate surface area is 147 Å². The van der Waals surface area contributed by atoms with E-state index in [1.807, 2.05) is 24.3 Å². The SMILES string of the molecule is CC(C)c1noc([C@@H](C)N2CCC[C@@H](c3nc4ccccc4o3)C2)n1. The van der Waals surface area contributed by atoms with E-state index in [2.05, 4.69) is 40.8 Å². The third-order valence-corrected chi connectivity index (χ3v) is 4.99. The summed E-state index contributed by atoms with van der Waals surface area (Å²) in [7, 11) is 0. The summed E-state index contributed by atoms with van der Waals surface area (Å²) in [5.41, 5.74) is 1.79. The van der Waals surface area contributed by atoms with Gasteiger partial charge in [-0.05, 0) is 38.4 Å². The minimum Gasteiger partial charge on any atom is -0.440 e. The highest BCUT2D eigenvalue weighted by molar-refractivity contribution is 5.72. The molecular weight excluding hydrogens is 316 g/mol. The third-order valence-electron chi connectivity index (χ3n) is 4.99. The van der Waals surface area contributed by atoms with Crippen LogP contribution in [0.5, 0.6) is 0 Å². The number of rotatable bonds is 4. The normalized spacial score (nSPS) is 20.4. The first-order valence-corrected chi connectivity index (χ1v) is 9.05. The quantitative estimate of drug-likeness (QED) is 0.706. The average molecular weight is 340 g/mol. The highest BCUT2D eigenvalue weighted by Crippen LogP contribution is 2.32. The molecule has 2 atom stereocenters. The molecule has 0 spiro atoms. The number of benzene rings is 1. The van der Waals surface area contributed by atoms with Crippen LogP contribution >= 0.6 is 0 Å². The smallest absolute Gasteiger partial charge is 0.243 e. The summed E-state index contributed by atoms with van der Waals surface area (Å²) >= 11 is 0. The molecule has 132 valence electrons. The standard InChI is InChI=1S/C19H24N4O2/c1-12(2)17-21-18(25-22-17)13(3)23-10-6-7-14(11-23)19-20-15-8-4-5-9-16(15)24-19/h4-5,8-9,12-14H,6-7,10-11H2,1-3H3/t13-,14-/m1/s1. The van der Waals surface area contributed by atoms with Gasteiger partial charge in [0.1, 0.15) is 5.52 Å². The van der Waals surface area contributed by atoms with E-state index in [1.54, 1.807) is 0 Å². The summed E-state index contributed by atoms with van der Waals surface area (Å²) in [5, 5.41) is 4.09. The molecule has 1 saturated heterocycles. The Morgan fingerprint density at radius 3 is 2.76 bits per heavy atom. The molecule has 6 nitrogen and oxygen atoms in total. The fourth-order valence-electron chi connectivity index (χ4n) is 3.43. The van der Waals surface area contributed by atoms with E-state index in [0.717, 1.165) is 48.7 Å². The second-order valence-electron chi connectivity index (χ2n) is 7.18. The lowest BCUT2D eigenvalue weighted by atomic mass is 9.97. The van der Waals surface area contributed by atoms with Gasteiger partial charge in [-0.25, -0.2) is 4.98 Å².